The van der Waals surface area contributed by atoms with Crippen LogP contribution < -0.4 is 9.64 Å². The minimum atomic E-state index is -3.74. The Morgan fingerprint density at radius 1 is 1.06 bits per heavy atom. The highest BCUT2D eigenvalue weighted by atomic mass is 32.2. The molecule has 1 aliphatic heterocycles. The van der Waals surface area contributed by atoms with Gasteiger partial charge in [0.1, 0.15) is 11.6 Å². The van der Waals surface area contributed by atoms with Gasteiger partial charge in [0.05, 0.1) is 17.6 Å². The Bertz CT molecular complexity index is 1190. The molecule has 170 valence electrons. The highest BCUT2D eigenvalue weighted by Crippen LogP contribution is 2.33. The number of ether oxygens (including phenoxy) is 1. The van der Waals surface area contributed by atoms with Crippen molar-refractivity contribution >= 4 is 15.7 Å². The SMILES string of the molecule is COc1ccc(S(=O)(=O)N2CCN(c3ccc(F)cc3)CC2)cc1-c1nc(C(C)C)no1. The molecule has 0 unspecified atom stereocenters. The van der Waals surface area contributed by atoms with E-state index in [0.717, 1.165) is 5.69 Å². The Kier molecular flexibility index (Phi) is 6.16. The number of anilines is 1. The van der Waals surface area contributed by atoms with E-state index in [1.165, 1.54) is 35.7 Å². The van der Waals surface area contributed by atoms with E-state index in [2.05, 4.69) is 10.1 Å². The fourth-order valence-corrected chi connectivity index (χ4v) is 5.03. The van der Waals surface area contributed by atoms with Crippen LogP contribution in [0.25, 0.3) is 11.5 Å². The van der Waals surface area contributed by atoms with Crippen LogP contribution in [0.4, 0.5) is 10.1 Å². The summed E-state index contributed by atoms with van der Waals surface area (Å²) in [6, 6.07) is 10.8. The van der Waals surface area contributed by atoms with E-state index >= 15 is 0 Å². The fourth-order valence-electron chi connectivity index (χ4n) is 3.58. The highest BCUT2D eigenvalue weighted by Gasteiger charge is 2.30. The van der Waals surface area contributed by atoms with E-state index in [1.807, 2.05) is 18.7 Å². The first-order valence-corrected chi connectivity index (χ1v) is 11.8. The van der Waals surface area contributed by atoms with Gasteiger partial charge in [-0.2, -0.15) is 9.29 Å². The quantitative estimate of drug-likeness (QED) is 0.556. The average Bonchev–Trinajstić information content (AvgIpc) is 3.30. The standard InChI is InChI=1S/C22H25FN4O4S/c1-15(2)21-24-22(31-25-21)19-14-18(8-9-20(19)30-3)32(28,29)27-12-10-26(11-13-27)17-6-4-16(23)5-7-17/h4-9,14-15H,10-13H2,1-3H3. The molecule has 1 fully saturated rings. The lowest BCUT2D eigenvalue weighted by atomic mass is 10.2. The van der Waals surface area contributed by atoms with Crippen LogP contribution in [0.1, 0.15) is 25.6 Å². The number of piperazine rings is 1. The van der Waals surface area contributed by atoms with Crippen LogP contribution >= 0.6 is 0 Å². The smallest absolute Gasteiger partial charge is 0.261 e. The average molecular weight is 461 g/mol. The number of nitrogens with zero attached hydrogens (tertiary/aromatic N) is 4. The van der Waals surface area contributed by atoms with Gasteiger partial charge in [0, 0.05) is 37.8 Å². The maximum atomic E-state index is 13.3. The summed E-state index contributed by atoms with van der Waals surface area (Å²) in [5.41, 5.74) is 1.30. The number of aromatic nitrogens is 2. The molecule has 0 N–H and O–H groups in total. The molecule has 0 bridgehead atoms. The third-order valence-electron chi connectivity index (χ3n) is 5.43. The summed E-state index contributed by atoms with van der Waals surface area (Å²) in [6.07, 6.45) is 0. The second-order valence-electron chi connectivity index (χ2n) is 7.84. The van der Waals surface area contributed by atoms with Crippen molar-refractivity contribution in [2.75, 3.05) is 38.2 Å². The van der Waals surface area contributed by atoms with Crippen molar-refractivity contribution in [3.8, 4) is 17.2 Å². The zero-order valence-electron chi connectivity index (χ0n) is 18.2. The summed E-state index contributed by atoms with van der Waals surface area (Å²) in [4.78, 5) is 6.55. The number of hydrogen-bond acceptors (Lipinski definition) is 7. The number of halogens is 1. The van der Waals surface area contributed by atoms with Crippen molar-refractivity contribution in [1.82, 2.24) is 14.4 Å². The molecule has 0 amide bonds. The lowest BCUT2D eigenvalue weighted by Crippen LogP contribution is -2.48. The first-order chi connectivity index (χ1) is 15.3. The molecule has 0 saturated carbocycles. The fraction of sp³-hybridized carbons (Fsp3) is 0.364. The molecule has 0 aliphatic carbocycles. The summed E-state index contributed by atoms with van der Waals surface area (Å²) >= 11 is 0. The van der Waals surface area contributed by atoms with E-state index in [9.17, 15) is 12.8 Å². The first-order valence-electron chi connectivity index (χ1n) is 10.3. The van der Waals surface area contributed by atoms with Crippen LogP contribution in [-0.2, 0) is 10.0 Å². The van der Waals surface area contributed by atoms with Crippen LogP contribution in [0.5, 0.6) is 5.75 Å². The minimum absolute atomic E-state index is 0.0720. The van der Waals surface area contributed by atoms with Crippen molar-refractivity contribution < 1.29 is 22.1 Å². The van der Waals surface area contributed by atoms with Gasteiger partial charge in [0.2, 0.25) is 10.0 Å². The molecule has 1 aromatic heterocycles. The number of benzene rings is 2. The molecular formula is C22H25FN4O4S. The number of rotatable bonds is 6. The Morgan fingerprint density at radius 2 is 1.75 bits per heavy atom. The largest absolute Gasteiger partial charge is 0.496 e. The maximum Gasteiger partial charge on any atom is 0.261 e. The molecule has 4 rings (SSSR count). The second kappa shape index (κ2) is 8.87. The normalized spacial score (nSPS) is 15.3. The highest BCUT2D eigenvalue weighted by molar-refractivity contribution is 7.89. The number of methoxy groups -OCH3 is 1. The van der Waals surface area contributed by atoms with Crippen LogP contribution in [0.15, 0.2) is 51.9 Å². The maximum absolute atomic E-state index is 13.3. The van der Waals surface area contributed by atoms with Crippen molar-refractivity contribution in [3.63, 3.8) is 0 Å². The summed E-state index contributed by atoms with van der Waals surface area (Å²) in [5, 5.41) is 3.96. The third-order valence-corrected chi connectivity index (χ3v) is 7.32. The van der Waals surface area contributed by atoms with Crippen molar-refractivity contribution in [2.45, 2.75) is 24.7 Å². The Hall–Kier alpha value is -2.98. The second-order valence-corrected chi connectivity index (χ2v) is 9.78. The van der Waals surface area contributed by atoms with Gasteiger partial charge in [-0.05, 0) is 42.5 Å². The Labute approximate surface area is 186 Å². The van der Waals surface area contributed by atoms with Gasteiger partial charge in [-0.1, -0.05) is 19.0 Å². The third kappa shape index (κ3) is 4.33. The summed E-state index contributed by atoms with van der Waals surface area (Å²) < 4.78 is 52.0. The van der Waals surface area contributed by atoms with Gasteiger partial charge in [-0.25, -0.2) is 12.8 Å². The number of sulfonamides is 1. The van der Waals surface area contributed by atoms with Crippen molar-refractivity contribution in [2.24, 2.45) is 0 Å². The zero-order valence-corrected chi connectivity index (χ0v) is 19.0. The van der Waals surface area contributed by atoms with Gasteiger partial charge in [0.25, 0.3) is 5.89 Å². The predicted octanol–water partition coefficient (Wildman–Crippen LogP) is 3.52. The van der Waals surface area contributed by atoms with Crippen LogP contribution in [0.3, 0.4) is 0 Å². The summed E-state index contributed by atoms with van der Waals surface area (Å²) in [5.74, 6) is 0.967. The molecule has 2 aromatic carbocycles. The molecular weight excluding hydrogens is 435 g/mol. The Morgan fingerprint density at radius 3 is 2.34 bits per heavy atom. The van der Waals surface area contributed by atoms with Gasteiger partial charge < -0.3 is 14.2 Å². The lowest BCUT2D eigenvalue weighted by molar-refractivity contribution is 0.384. The molecule has 32 heavy (non-hydrogen) atoms. The van der Waals surface area contributed by atoms with E-state index in [4.69, 9.17) is 9.26 Å². The minimum Gasteiger partial charge on any atom is -0.496 e. The molecule has 8 nitrogen and oxygen atoms in total. The molecule has 1 saturated heterocycles. The van der Waals surface area contributed by atoms with E-state index < -0.39 is 10.0 Å². The van der Waals surface area contributed by atoms with E-state index in [1.54, 1.807) is 18.2 Å². The van der Waals surface area contributed by atoms with Gasteiger partial charge in [0.15, 0.2) is 5.82 Å². The Balaban J connectivity index is 1.56. The van der Waals surface area contributed by atoms with E-state index in [-0.39, 0.29) is 22.5 Å². The number of hydrogen-bond donors (Lipinski definition) is 0. The predicted molar refractivity (Wildman–Crippen MR) is 118 cm³/mol. The lowest BCUT2D eigenvalue weighted by Gasteiger charge is -2.35. The molecule has 3 aromatic rings. The monoisotopic (exact) mass is 460 g/mol. The van der Waals surface area contributed by atoms with Gasteiger partial charge in [-0.15, -0.1) is 0 Å². The summed E-state index contributed by atoms with van der Waals surface area (Å²) in [7, 11) is -2.24. The summed E-state index contributed by atoms with van der Waals surface area (Å²) in [6.45, 7) is 5.54. The topological polar surface area (TPSA) is 88.8 Å². The molecule has 2 heterocycles. The van der Waals surface area contributed by atoms with Crippen LogP contribution in [0, 0.1) is 5.82 Å². The zero-order chi connectivity index (χ0) is 22.9. The molecule has 10 heteroatoms. The van der Waals surface area contributed by atoms with Crippen molar-refractivity contribution in [1.29, 1.82) is 0 Å². The van der Waals surface area contributed by atoms with Crippen molar-refractivity contribution in [3.05, 3.63) is 54.1 Å². The first kappa shape index (κ1) is 22.2. The molecule has 1 aliphatic rings. The molecule has 0 radical (unpaired) electrons. The van der Waals surface area contributed by atoms with Crippen LogP contribution in [-0.4, -0.2) is 56.2 Å². The molecule has 0 spiro atoms. The molecule has 0 atom stereocenters. The van der Waals surface area contributed by atoms with Crippen LogP contribution in [0.2, 0.25) is 0 Å². The van der Waals surface area contributed by atoms with E-state index in [0.29, 0.717) is 43.3 Å². The van der Waals surface area contributed by atoms with Gasteiger partial charge in [-0.3, -0.25) is 0 Å². The van der Waals surface area contributed by atoms with Gasteiger partial charge >= 0.3 is 0 Å².